The molecule has 0 radical (unpaired) electrons. The van der Waals surface area contributed by atoms with Gasteiger partial charge in [0.2, 0.25) is 0 Å². The van der Waals surface area contributed by atoms with Crippen LogP contribution in [0.15, 0.2) is 24.3 Å². The number of alkyl halides is 3. The highest BCUT2D eigenvalue weighted by Gasteiger charge is 2.29. The molecular weight excluding hydrogens is 283 g/mol. The SMILES string of the molecule is O=C(O)COc1ccccc1NC(=O)OCC(F)(F)F. The Labute approximate surface area is 111 Å². The quantitative estimate of drug-likeness (QED) is 0.869. The Morgan fingerprint density at radius 1 is 1.25 bits per heavy atom. The van der Waals surface area contributed by atoms with Crippen molar-refractivity contribution >= 4 is 17.7 Å². The third-order valence-corrected chi connectivity index (χ3v) is 1.84. The normalized spacial score (nSPS) is 10.8. The van der Waals surface area contributed by atoms with E-state index in [1.54, 1.807) is 0 Å². The van der Waals surface area contributed by atoms with E-state index in [0.717, 1.165) is 0 Å². The van der Waals surface area contributed by atoms with Gasteiger partial charge in [0, 0.05) is 0 Å². The van der Waals surface area contributed by atoms with Gasteiger partial charge in [-0.05, 0) is 12.1 Å². The summed E-state index contributed by atoms with van der Waals surface area (Å²) in [6.45, 7) is -2.38. The van der Waals surface area contributed by atoms with Gasteiger partial charge in [-0.25, -0.2) is 9.59 Å². The maximum absolute atomic E-state index is 11.8. The second-order valence-electron chi connectivity index (χ2n) is 3.49. The maximum Gasteiger partial charge on any atom is 0.422 e. The zero-order valence-corrected chi connectivity index (χ0v) is 9.94. The number of halogens is 3. The van der Waals surface area contributed by atoms with Crippen LogP contribution >= 0.6 is 0 Å². The lowest BCUT2D eigenvalue weighted by Gasteiger charge is -2.12. The van der Waals surface area contributed by atoms with Crippen molar-refractivity contribution in [1.29, 1.82) is 0 Å². The maximum atomic E-state index is 11.8. The first-order valence-electron chi connectivity index (χ1n) is 5.22. The van der Waals surface area contributed by atoms with Crippen molar-refractivity contribution < 1.29 is 37.3 Å². The Balaban J connectivity index is 2.62. The van der Waals surface area contributed by atoms with Gasteiger partial charge in [-0.15, -0.1) is 0 Å². The molecule has 0 aliphatic carbocycles. The number of para-hydroxylation sites is 2. The summed E-state index contributed by atoms with van der Waals surface area (Å²) in [5.41, 5.74) is 0.000856. The number of carbonyl (C=O) groups excluding carboxylic acids is 1. The van der Waals surface area contributed by atoms with Gasteiger partial charge in [-0.2, -0.15) is 13.2 Å². The van der Waals surface area contributed by atoms with Crippen LogP contribution in [0.3, 0.4) is 0 Å². The van der Waals surface area contributed by atoms with Crippen LogP contribution < -0.4 is 10.1 Å². The third-order valence-electron chi connectivity index (χ3n) is 1.84. The molecule has 0 aromatic heterocycles. The van der Waals surface area contributed by atoms with Crippen molar-refractivity contribution in [3.05, 3.63) is 24.3 Å². The van der Waals surface area contributed by atoms with Crippen LogP contribution in [0.4, 0.5) is 23.7 Å². The standard InChI is InChI=1S/C11H10F3NO5/c12-11(13,14)6-20-10(18)15-7-3-1-2-4-8(7)19-5-9(16)17/h1-4H,5-6H2,(H,15,18)(H,16,17). The molecule has 1 aromatic carbocycles. The Bertz CT molecular complexity index is 489. The van der Waals surface area contributed by atoms with Gasteiger partial charge in [-0.3, -0.25) is 5.32 Å². The first kappa shape index (κ1) is 15.6. The smallest absolute Gasteiger partial charge is 0.422 e. The average Bonchev–Trinajstić information content (AvgIpc) is 2.34. The number of amides is 1. The van der Waals surface area contributed by atoms with Gasteiger partial charge >= 0.3 is 18.2 Å². The van der Waals surface area contributed by atoms with E-state index in [1.807, 2.05) is 5.32 Å². The third kappa shape index (κ3) is 5.94. The van der Waals surface area contributed by atoms with Crippen molar-refractivity contribution in [2.24, 2.45) is 0 Å². The number of hydrogen-bond donors (Lipinski definition) is 2. The number of aliphatic carboxylic acids is 1. The van der Waals surface area contributed by atoms with E-state index in [9.17, 15) is 22.8 Å². The Morgan fingerprint density at radius 2 is 1.90 bits per heavy atom. The molecule has 1 amide bonds. The molecule has 0 aliphatic rings. The summed E-state index contributed by atoms with van der Waals surface area (Å²) in [6, 6.07) is 5.66. The predicted octanol–water partition coefficient (Wildman–Crippen LogP) is 2.26. The number of carbonyl (C=O) groups is 2. The van der Waals surface area contributed by atoms with Gasteiger partial charge in [0.1, 0.15) is 5.75 Å². The highest BCUT2D eigenvalue weighted by atomic mass is 19.4. The highest BCUT2D eigenvalue weighted by molar-refractivity contribution is 5.86. The van der Waals surface area contributed by atoms with E-state index < -0.39 is 31.5 Å². The molecule has 0 bridgehead atoms. The van der Waals surface area contributed by atoms with E-state index in [-0.39, 0.29) is 11.4 Å². The van der Waals surface area contributed by atoms with Crippen molar-refractivity contribution in [3.63, 3.8) is 0 Å². The summed E-state index contributed by atoms with van der Waals surface area (Å²) in [5.74, 6) is -1.24. The molecule has 0 heterocycles. The van der Waals surface area contributed by atoms with Crippen LogP contribution in [0.2, 0.25) is 0 Å². The van der Waals surface area contributed by atoms with E-state index >= 15 is 0 Å². The molecule has 1 rings (SSSR count). The molecule has 2 N–H and O–H groups in total. The second-order valence-corrected chi connectivity index (χ2v) is 3.49. The molecule has 0 spiro atoms. The average molecular weight is 293 g/mol. The number of hydrogen-bond acceptors (Lipinski definition) is 4. The fraction of sp³-hybridized carbons (Fsp3) is 0.273. The summed E-state index contributed by atoms with van der Waals surface area (Å²) in [4.78, 5) is 21.5. The van der Waals surface area contributed by atoms with Crippen LogP contribution in [0, 0.1) is 0 Å². The van der Waals surface area contributed by atoms with Gasteiger partial charge in [0.05, 0.1) is 5.69 Å². The van der Waals surface area contributed by atoms with Gasteiger partial charge in [0.25, 0.3) is 0 Å². The molecule has 20 heavy (non-hydrogen) atoms. The van der Waals surface area contributed by atoms with Crippen molar-refractivity contribution in [3.8, 4) is 5.75 Å². The minimum absolute atomic E-state index is 0.000856. The van der Waals surface area contributed by atoms with Crippen LogP contribution in [-0.2, 0) is 9.53 Å². The minimum Gasteiger partial charge on any atom is -0.480 e. The van der Waals surface area contributed by atoms with E-state index in [1.165, 1.54) is 24.3 Å². The fourth-order valence-corrected chi connectivity index (χ4v) is 1.13. The first-order valence-corrected chi connectivity index (χ1v) is 5.22. The first-order chi connectivity index (χ1) is 9.28. The molecule has 1 aromatic rings. The van der Waals surface area contributed by atoms with Crippen LogP contribution in [0.25, 0.3) is 0 Å². The molecule has 110 valence electrons. The molecule has 0 fully saturated rings. The number of nitrogens with one attached hydrogen (secondary N) is 1. The largest absolute Gasteiger partial charge is 0.480 e. The van der Waals surface area contributed by atoms with Crippen LogP contribution in [0.5, 0.6) is 5.75 Å². The molecule has 6 nitrogen and oxygen atoms in total. The van der Waals surface area contributed by atoms with E-state index in [4.69, 9.17) is 9.84 Å². The van der Waals surface area contributed by atoms with Crippen molar-refractivity contribution in [1.82, 2.24) is 0 Å². The minimum atomic E-state index is -4.63. The van der Waals surface area contributed by atoms with Gasteiger partial charge < -0.3 is 14.6 Å². The lowest BCUT2D eigenvalue weighted by atomic mass is 10.3. The van der Waals surface area contributed by atoms with Crippen LogP contribution in [0.1, 0.15) is 0 Å². The van der Waals surface area contributed by atoms with Gasteiger partial charge in [-0.1, -0.05) is 12.1 Å². The van der Waals surface area contributed by atoms with Crippen molar-refractivity contribution in [2.75, 3.05) is 18.5 Å². The lowest BCUT2D eigenvalue weighted by molar-refractivity contribution is -0.159. The summed E-state index contributed by atoms with van der Waals surface area (Å²) in [7, 11) is 0. The molecule has 0 unspecified atom stereocenters. The lowest BCUT2D eigenvalue weighted by Crippen LogP contribution is -2.23. The zero-order chi connectivity index (χ0) is 15.2. The Morgan fingerprint density at radius 3 is 2.50 bits per heavy atom. The molecule has 9 heteroatoms. The number of rotatable bonds is 5. The number of anilines is 1. The fourth-order valence-electron chi connectivity index (χ4n) is 1.13. The zero-order valence-electron chi connectivity index (χ0n) is 9.94. The predicted molar refractivity (Wildman–Crippen MR) is 60.6 cm³/mol. The number of carboxylic acid groups (broad SMARTS) is 1. The van der Waals surface area contributed by atoms with Gasteiger partial charge in [0.15, 0.2) is 13.2 Å². The summed E-state index contributed by atoms with van der Waals surface area (Å²) >= 11 is 0. The van der Waals surface area contributed by atoms with Crippen LogP contribution in [-0.4, -0.2) is 36.6 Å². The van der Waals surface area contributed by atoms with E-state index in [2.05, 4.69) is 4.74 Å². The Kier molecular flexibility index (Phi) is 5.18. The summed E-state index contributed by atoms with van der Waals surface area (Å²) < 4.78 is 44.3. The Hall–Kier alpha value is -2.45. The number of carboxylic acids is 1. The van der Waals surface area contributed by atoms with Crippen molar-refractivity contribution in [2.45, 2.75) is 6.18 Å². The molecule has 0 atom stereocenters. The highest BCUT2D eigenvalue weighted by Crippen LogP contribution is 2.24. The van der Waals surface area contributed by atoms with E-state index in [0.29, 0.717) is 0 Å². The molecular formula is C11H10F3NO5. The number of ether oxygens (including phenoxy) is 2. The summed E-state index contributed by atoms with van der Waals surface area (Å²) in [6.07, 6.45) is -5.95. The molecule has 0 saturated carbocycles. The summed E-state index contributed by atoms with van der Waals surface area (Å²) in [5, 5.41) is 10.5. The second kappa shape index (κ2) is 6.64. The monoisotopic (exact) mass is 293 g/mol. The molecule has 0 saturated heterocycles. The number of benzene rings is 1. The topological polar surface area (TPSA) is 84.9 Å². The molecule has 0 aliphatic heterocycles.